The Morgan fingerprint density at radius 1 is 1.55 bits per heavy atom. The van der Waals surface area contributed by atoms with Crippen molar-refractivity contribution in [1.29, 1.82) is 0 Å². The zero-order valence-electron chi connectivity index (χ0n) is 13.2. The topological polar surface area (TPSA) is 58.3 Å². The van der Waals surface area contributed by atoms with Gasteiger partial charge in [0.2, 0.25) is 0 Å². The Bertz CT molecular complexity index is 594. The van der Waals surface area contributed by atoms with E-state index in [0.29, 0.717) is 18.2 Å². The fourth-order valence-electron chi connectivity index (χ4n) is 3.12. The lowest BCUT2D eigenvalue weighted by atomic mass is 9.96. The van der Waals surface area contributed by atoms with Gasteiger partial charge < -0.3 is 14.8 Å². The average Bonchev–Trinajstić information content (AvgIpc) is 3.16. The number of nitrogens with zero attached hydrogens (tertiary/aromatic N) is 1. The molecule has 3 unspecified atom stereocenters. The van der Waals surface area contributed by atoms with E-state index in [4.69, 9.17) is 9.40 Å². The standard InChI is InChI=1S/C17H24N2O2S/c1-3-16-19-13-7-4-6-12(17(13)22-16)18-11(2)10-14(20)15-8-5-9-21-15/h5,8-9,11-12,14,18,20H,3-4,6-7,10H2,1-2H3. The minimum Gasteiger partial charge on any atom is -0.467 e. The number of aliphatic hydroxyl groups is 1. The smallest absolute Gasteiger partial charge is 0.132 e. The fraction of sp³-hybridized carbons (Fsp3) is 0.588. The van der Waals surface area contributed by atoms with Crippen molar-refractivity contribution in [3.05, 3.63) is 39.7 Å². The molecular weight excluding hydrogens is 296 g/mol. The van der Waals surface area contributed by atoms with Gasteiger partial charge in [-0.1, -0.05) is 6.92 Å². The van der Waals surface area contributed by atoms with E-state index in [1.54, 1.807) is 6.26 Å². The van der Waals surface area contributed by atoms with E-state index >= 15 is 0 Å². The third-order valence-corrected chi connectivity index (χ3v) is 5.59. The van der Waals surface area contributed by atoms with Crippen LogP contribution in [0.1, 0.15) is 66.6 Å². The minimum atomic E-state index is -0.548. The molecule has 0 bridgehead atoms. The molecule has 22 heavy (non-hydrogen) atoms. The highest BCUT2D eigenvalue weighted by Crippen LogP contribution is 2.35. The Kier molecular flexibility index (Phi) is 4.96. The van der Waals surface area contributed by atoms with Crippen molar-refractivity contribution in [3.63, 3.8) is 0 Å². The van der Waals surface area contributed by atoms with Gasteiger partial charge >= 0.3 is 0 Å². The van der Waals surface area contributed by atoms with Crippen LogP contribution < -0.4 is 5.32 Å². The monoisotopic (exact) mass is 320 g/mol. The third kappa shape index (κ3) is 3.42. The van der Waals surface area contributed by atoms with Gasteiger partial charge in [0.25, 0.3) is 0 Å². The van der Waals surface area contributed by atoms with E-state index in [-0.39, 0.29) is 6.04 Å². The fourth-order valence-corrected chi connectivity index (χ4v) is 4.27. The second-order valence-electron chi connectivity index (χ2n) is 6.05. The molecule has 1 aliphatic rings. The highest BCUT2D eigenvalue weighted by molar-refractivity contribution is 7.11. The summed E-state index contributed by atoms with van der Waals surface area (Å²) in [6.45, 7) is 4.29. The summed E-state index contributed by atoms with van der Waals surface area (Å²) in [4.78, 5) is 6.15. The molecule has 0 aliphatic heterocycles. The molecule has 3 rings (SSSR count). The number of hydrogen-bond acceptors (Lipinski definition) is 5. The number of furan rings is 1. The maximum absolute atomic E-state index is 10.2. The van der Waals surface area contributed by atoms with Gasteiger partial charge in [0.1, 0.15) is 11.9 Å². The molecule has 0 spiro atoms. The van der Waals surface area contributed by atoms with E-state index in [9.17, 15) is 5.11 Å². The van der Waals surface area contributed by atoms with Crippen molar-refractivity contribution in [2.24, 2.45) is 0 Å². The Labute approximate surface area is 135 Å². The van der Waals surface area contributed by atoms with Gasteiger partial charge in [-0.2, -0.15) is 0 Å². The molecule has 5 heteroatoms. The van der Waals surface area contributed by atoms with Crippen LogP contribution in [0.3, 0.4) is 0 Å². The summed E-state index contributed by atoms with van der Waals surface area (Å²) in [6, 6.07) is 4.24. The maximum atomic E-state index is 10.2. The van der Waals surface area contributed by atoms with Crippen LogP contribution in [-0.2, 0) is 12.8 Å². The second-order valence-corrected chi connectivity index (χ2v) is 7.17. The molecule has 2 aromatic rings. The van der Waals surface area contributed by atoms with Gasteiger partial charge in [-0.25, -0.2) is 4.98 Å². The quantitative estimate of drug-likeness (QED) is 0.850. The number of nitrogens with one attached hydrogen (secondary N) is 1. The molecule has 120 valence electrons. The molecule has 2 heterocycles. The van der Waals surface area contributed by atoms with E-state index < -0.39 is 6.10 Å². The highest BCUT2D eigenvalue weighted by atomic mass is 32.1. The molecule has 0 amide bonds. The van der Waals surface area contributed by atoms with Crippen LogP contribution >= 0.6 is 11.3 Å². The van der Waals surface area contributed by atoms with Crippen molar-refractivity contribution in [2.45, 2.75) is 64.1 Å². The van der Waals surface area contributed by atoms with E-state index in [0.717, 1.165) is 19.3 Å². The normalized spacial score (nSPS) is 20.6. The summed E-state index contributed by atoms with van der Waals surface area (Å²) in [5, 5.41) is 15.1. The SMILES string of the molecule is CCc1nc2c(s1)C(NC(C)CC(O)c1ccco1)CCC2. The van der Waals surface area contributed by atoms with E-state index in [1.807, 2.05) is 23.5 Å². The lowest BCUT2D eigenvalue weighted by Crippen LogP contribution is -2.33. The molecule has 2 aromatic heterocycles. The van der Waals surface area contributed by atoms with Gasteiger partial charge in [-0.15, -0.1) is 11.3 Å². The predicted octanol–water partition coefficient (Wildman–Crippen LogP) is 3.78. The van der Waals surface area contributed by atoms with Crippen molar-refractivity contribution in [2.75, 3.05) is 0 Å². The van der Waals surface area contributed by atoms with Crippen LogP contribution in [0.25, 0.3) is 0 Å². The molecule has 0 aromatic carbocycles. The van der Waals surface area contributed by atoms with Crippen LogP contribution in [0, 0.1) is 0 Å². The Hall–Kier alpha value is -1.17. The second kappa shape index (κ2) is 6.94. The molecular formula is C17H24N2O2S. The molecule has 0 fully saturated rings. The zero-order chi connectivity index (χ0) is 15.5. The molecule has 0 saturated heterocycles. The summed E-state index contributed by atoms with van der Waals surface area (Å²) < 4.78 is 5.27. The summed E-state index contributed by atoms with van der Waals surface area (Å²) in [5.74, 6) is 0.643. The van der Waals surface area contributed by atoms with E-state index in [1.165, 1.54) is 22.0 Å². The number of rotatable bonds is 6. The maximum Gasteiger partial charge on any atom is 0.132 e. The molecule has 0 saturated carbocycles. The Balaban J connectivity index is 1.62. The first-order valence-corrected chi connectivity index (χ1v) is 8.95. The zero-order valence-corrected chi connectivity index (χ0v) is 14.0. The van der Waals surface area contributed by atoms with Gasteiger partial charge in [-0.3, -0.25) is 0 Å². The van der Waals surface area contributed by atoms with Gasteiger partial charge in [0.15, 0.2) is 0 Å². The average molecular weight is 320 g/mol. The lowest BCUT2D eigenvalue weighted by molar-refractivity contribution is 0.126. The van der Waals surface area contributed by atoms with Gasteiger partial charge in [-0.05, 0) is 51.2 Å². The molecule has 0 radical (unpaired) electrons. The van der Waals surface area contributed by atoms with Crippen LogP contribution in [0.4, 0.5) is 0 Å². The largest absolute Gasteiger partial charge is 0.467 e. The van der Waals surface area contributed by atoms with Gasteiger partial charge in [0.05, 0.1) is 17.0 Å². The highest BCUT2D eigenvalue weighted by Gasteiger charge is 2.26. The number of thiazole rings is 1. The number of aryl methyl sites for hydroxylation is 2. The minimum absolute atomic E-state index is 0.225. The van der Waals surface area contributed by atoms with Crippen LogP contribution in [0.5, 0.6) is 0 Å². The summed E-state index contributed by atoms with van der Waals surface area (Å²) >= 11 is 1.85. The predicted molar refractivity (Wildman–Crippen MR) is 88.1 cm³/mol. The molecule has 1 aliphatic carbocycles. The van der Waals surface area contributed by atoms with Crippen LogP contribution in [0.15, 0.2) is 22.8 Å². The summed E-state index contributed by atoms with van der Waals surface area (Å²) in [7, 11) is 0. The van der Waals surface area contributed by atoms with Gasteiger partial charge in [0, 0.05) is 17.0 Å². The van der Waals surface area contributed by atoms with Crippen molar-refractivity contribution < 1.29 is 9.52 Å². The Morgan fingerprint density at radius 3 is 3.14 bits per heavy atom. The first kappa shape index (κ1) is 15.7. The van der Waals surface area contributed by atoms with Crippen molar-refractivity contribution in [3.8, 4) is 0 Å². The first-order valence-electron chi connectivity index (χ1n) is 8.13. The number of aliphatic hydroxyl groups excluding tert-OH is 1. The number of hydrogen-bond donors (Lipinski definition) is 2. The van der Waals surface area contributed by atoms with Crippen molar-refractivity contribution >= 4 is 11.3 Å². The number of aromatic nitrogens is 1. The first-order chi connectivity index (χ1) is 10.7. The number of fused-ring (bicyclic) bond motifs is 1. The van der Waals surface area contributed by atoms with E-state index in [2.05, 4.69) is 19.2 Å². The van der Waals surface area contributed by atoms with Crippen molar-refractivity contribution in [1.82, 2.24) is 10.3 Å². The van der Waals surface area contributed by atoms with Crippen LogP contribution in [-0.4, -0.2) is 16.1 Å². The Morgan fingerprint density at radius 2 is 2.41 bits per heavy atom. The lowest BCUT2D eigenvalue weighted by Gasteiger charge is -2.27. The summed E-state index contributed by atoms with van der Waals surface area (Å²) in [6.07, 6.45) is 6.16. The molecule has 4 nitrogen and oxygen atoms in total. The summed E-state index contributed by atoms with van der Waals surface area (Å²) in [5.41, 5.74) is 1.28. The third-order valence-electron chi connectivity index (χ3n) is 4.23. The molecule has 2 N–H and O–H groups in total. The molecule has 3 atom stereocenters. The van der Waals surface area contributed by atoms with Crippen LogP contribution in [0.2, 0.25) is 0 Å².